The van der Waals surface area contributed by atoms with Crippen molar-refractivity contribution in [2.75, 3.05) is 26.3 Å². The zero-order chi connectivity index (χ0) is 14.9. The first-order chi connectivity index (χ1) is 10.1. The van der Waals surface area contributed by atoms with Gasteiger partial charge in [0, 0.05) is 25.2 Å². The van der Waals surface area contributed by atoms with Gasteiger partial charge in [-0.25, -0.2) is 13.1 Å². The first-order valence-electron chi connectivity index (χ1n) is 6.65. The molecule has 3 rings (SSSR count). The number of nitrogens with one attached hydrogen (secondary N) is 1. The summed E-state index contributed by atoms with van der Waals surface area (Å²) in [6.07, 6.45) is 2.64. The molecule has 7 nitrogen and oxygen atoms in total. The van der Waals surface area contributed by atoms with Crippen molar-refractivity contribution >= 4 is 10.0 Å². The molecule has 8 heteroatoms. The first-order valence-corrected chi connectivity index (χ1v) is 8.13. The van der Waals surface area contributed by atoms with Crippen LogP contribution in [0.4, 0.5) is 0 Å². The first kappa shape index (κ1) is 14.0. The molecule has 0 amide bonds. The number of rotatable bonds is 3. The van der Waals surface area contributed by atoms with Crippen LogP contribution in [0.3, 0.4) is 0 Å². The average Bonchev–Trinajstić information content (AvgIpc) is 2.93. The highest BCUT2D eigenvalue weighted by molar-refractivity contribution is 7.89. The predicted molar refractivity (Wildman–Crippen MR) is 73.3 cm³/mol. The molecule has 2 aliphatic rings. The Labute approximate surface area is 123 Å². The number of sulfonamides is 1. The van der Waals surface area contributed by atoms with Gasteiger partial charge in [0.1, 0.15) is 13.2 Å². The van der Waals surface area contributed by atoms with Crippen LogP contribution in [0.5, 0.6) is 11.5 Å². The second-order valence-corrected chi connectivity index (χ2v) is 6.67. The van der Waals surface area contributed by atoms with Crippen LogP contribution in [0.1, 0.15) is 6.42 Å². The fraction of sp³-hybridized carbons (Fsp3) is 0.462. The highest BCUT2D eigenvalue weighted by Crippen LogP contribution is 2.32. The van der Waals surface area contributed by atoms with Gasteiger partial charge in [0.2, 0.25) is 10.0 Å². The lowest BCUT2D eigenvalue weighted by atomic mass is 10.3. The van der Waals surface area contributed by atoms with Gasteiger partial charge in [-0.15, -0.1) is 0 Å². The van der Waals surface area contributed by atoms with Crippen molar-refractivity contribution in [2.24, 2.45) is 0 Å². The molecular formula is C13H15N3O4S. The van der Waals surface area contributed by atoms with Crippen LogP contribution < -0.4 is 14.2 Å². The number of hydrogen-bond acceptors (Lipinski definition) is 6. The van der Waals surface area contributed by atoms with Crippen molar-refractivity contribution < 1.29 is 17.9 Å². The molecule has 1 unspecified atom stereocenters. The Balaban J connectivity index is 1.77. The fourth-order valence-electron chi connectivity index (χ4n) is 2.43. The average molecular weight is 309 g/mol. The number of hydrogen-bond donors (Lipinski definition) is 1. The van der Waals surface area contributed by atoms with E-state index in [9.17, 15) is 8.42 Å². The maximum Gasteiger partial charge on any atom is 0.241 e. The van der Waals surface area contributed by atoms with E-state index < -0.39 is 10.0 Å². The quantitative estimate of drug-likeness (QED) is 0.807. The number of benzene rings is 1. The molecular weight excluding hydrogens is 294 g/mol. The lowest BCUT2D eigenvalue weighted by Crippen LogP contribution is -2.36. The topological polar surface area (TPSA) is 91.7 Å². The number of ether oxygens (including phenoxy) is 2. The molecule has 1 atom stereocenters. The number of nitrogens with zero attached hydrogens (tertiary/aromatic N) is 2. The smallest absolute Gasteiger partial charge is 0.241 e. The van der Waals surface area contributed by atoms with Gasteiger partial charge >= 0.3 is 0 Å². The molecule has 0 spiro atoms. The number of fused-ring (bicyclic) bond motifs is 1. The lowest BCUT2D eigenvalue weighted by Gasteiger charge is -2.19. The minimum absolute atomic E-state index is 0.141. The van der Waals surface area contributed by atoms with E-state index in [0.717, 1.165) is 0 Å². The van der Waals surface area contributed by atoms with Crippen LogP contribution in [0.15, 0.2) is 23.1 Å². The van der Waals surface area contributed by atoms with Crippen molar-refractivity contribution in [2.45, 2.75) is 17.4 Å². The highest BCUT2D eigenvalue weighted by Gasteiger charge is 2.27. The normalized spacial score (nSPS) is 21.1. The van der Waals surface area contributed by atoms with Gasteiger partial charge in [0.25, 0.3) is 0 Å². The molecule has 1 fully saturated rings. The molecule has 1 saturated heterocycles. The number of nitriles is 1. The Morgan fingerprint density at radius 3 is 2.76 bits per heavy atom. The van der Waals surface area contributed by atoms with Crippen LogP contribution in [0.25, 0.3) is 0 Å². The van der Waals surface area contributed by atoms with Crippen molar-refractivity contribution in [3.63, 3.8) is 0 Å². The maximum atomic E-state index is 12.4. The van der Waals surface area contributed by atoms with E-state index in [1.807, 2.05) is 6.19 Å². The molecule has 1 N–H and O–H groups in total. The monoisotopic (exact) mass is 309 g/mol. The van der Waals surface area contributed by atoms with E-state index in [0.29, 0.717) is 44.2 Å². The van der Waals surface area contributed by atoms with Gasteiger partial charge in [-0.3, -0.25) is 0 Å². The third-order valence-electron chi connectivity index (χ3n) is 3.48. The SMILES string of the molecule is N#CN1CCC(NS(=O)(=O)c2ccc3c(c2)OCCO3)C1. The summed E-state index contributed by atoms with van der Waals surface area (Å²) in [7, 11) is -3.63. The van der Waals surface area contributed by atoms with Crippen molar-refractivity contribution in [1.29, 1.82) is 5.26 Å². The van der Waals surface area contributed by atoms with Crippen molar-refractivity contribution in [3.8, 4) is 17.7 Å². The predicted octanol–water partition coefficient (Wildman–Crippen LogP) is 0.291. The summed E-state index contributed by atoms with van der Waals surface area (Å²) in [5.74, 6) is 0.992. The Kier molecular flexibility index (Phi) is 3.61. The lowest BCUT2D eigenvalue weighted by molar-refractivity contribution is 0.171. The highest BCUT2D eigenvalue weighted by atomic mass is 32.2. The summed E-state index contributed by atoms with van der Waals surface area (Å²) in [6, 6.07) is 4.31. The van der Waals surface area contributed by atoms with Crippen LogP contribution in [-0.4, -0.2) is 45.7 Å². The Bertz CT molecular complexity index is 683. The fourth-order valence-corrected chi connectivity index (χ4v) is 3.70. The Morgan fingerprint density at radius 2 is 2.05 bits per heavy atom. The van der Waals surface area contributed by atoms with Gasteiger partial charge in [-0.05, 0) is 18.6 Å². The van der Waals surface area contributed by atoms with Crippen LogP contribution in [0, 0.1) is 11.5 Å². The minimum Gasteiger partial charge on any atom is -0.486 e. The molecule has 112 valence electrons. The van der Waals surface area contributed by atoms with E-state index >= 15 is 0 Å². The van der Waals surface area contributed by atoms with E-state index in [2.05, 4.69) is 4.72 Å². The maximum absolute atomic E-state index is 12.4. The van der Waals surface area contributed by atoms with Gasteiger partial charge in [-0.1, -0.05) is 0 Å². The van der Waals surface area contributed by atoms with E-state index in [4.69, 9.17) is 14.7 Å². The van der Waals surface area contributed by atoms with E-state index in [-0.39, 0.29) is 10.9 Å². The second-order valence-electron chi connectivity index (χ2n) is 4.96. The largest absolute Gasteiger partial charge is 0.486 e. The van der Waals surface area contributed by atoms with Gasteiger partial charge in [0.15, 0.2) is 17.7 Å². The molecule has 1 aromatic carbocycles. The minimum atomic E-state index is -3.63. The molecule has 21 heavy (non-hydrogen) atoms. The Morgan fingerprint density at radius 1 is 1.29 bits per heavy atom. The third kappa shape index (κ3) is 2.89. The molecule has 2 heterocycles. The zero-order valence-corrected chi connectivity index (χ0v) is 12.1. The summed E-state index contributed by atoms with van der Waals surface area (Å²) >= 11 is 0. The van der Waals surface area contributed by atoms with Crippen molar-refractivity contribution in [3.05, 3.63) is 18.2 Å². The molecule has 0 saturated carbocycles. The molecule has 2 aliphatic heterocycles. The molecule has 0 bridgehead atoms. The van der Waals surface area contributed by atoms with Crippen LogP contribution in [-0.2, 0) is 10.0 Å². The summed E-state index contributed by atoms with van der Waals surface area (Å²) in [4.78, 5) is 1.68. The molecule has 0 aromatic heterocycles. The Hall–Kier alpha value is -1.98. The summed E-state index contributed by atoms with van der Waals surface area (Å²) in [5.41, 5.74) is 0. The number of likely N-dealkylation sites (tertiary alicyclic amines) is 1. The standard InChI is InChI=1S/C13H15N3O4S/c14-9-16-4-3-10(8-16)15-21(17,18)11-1-2-12-13(7-11)20-6-5-19-12/h1-2,7,10,15H,3-6,8H2. The van der Waals surface area contributed by atoms with E-state index in [1.165, 1.54) is 17.0 Å². The second kappa shape index (κ2) is 5.42. The molecule has 0 aliphatic carbocycles. The van der Waals surface area contributed by atoms with E-state index in [1.54, 1.807) is 6.07 Å². The molecule has 1 aromatic rings. The van der Waals surface area contributed by atoms with Crippen molar-refractivity contribution in [1.82, 2.24) is 9.62 Å². The molecule has 0 radical (unpaired) electrons. The third-order valence-corrected chi connectivity index (χ3v) is 4.99. The van der Waals surface area contributed by atoms with Crippen LogP contribution in [0.2, 0.25) is 0 Å². The van der Waals surface area contributed by atoms with Crippen LogP contribution >= 0.6 is 0 Å². The summed E-state index contributed by atoms with van der Waals surface area (Å²) in [6.45, 7) is 1.85. The summed E-state index contributed by atoms with van der Waals surface area (Å²) in [5, 5.41) is 8.80. The summed E-state index contributed by atoms with van der Waals surface area (Å²) < 4.78 is 38.1. The zero-order valence-electron chi connectivity index (χ0n) is 11.3. The van der Waals surface area contributed by atoms with Gasteiger partial charge in [-0.2, -0.15) is 5.26 Å². The van der Waals surface area contributed by atoms with Gasteiger partial charge in [0.05, 0.1) is 4.90 Å². The van der Waals surface area contributed by atoms with Gasteiger partial charge < -0.3 is 14.4 Å².